The smallest absolute Gasteiger partial charge is 0.154 e. The first kappa shape index (κ1) is 13.8. The molecule has 0 radical (unpaired) electrons. The van der Waals surface area contributed by atoms with Crippen LogP contribution in [0.3, 0.4) is 0 Å². The molecule has 1 aromatic carbocycles. The Bertz CT molecular complexity index is 615. The second kappa shape index (κ2) is 4.80. The number of nitrogen functional groups attached to an aromatic ring is 1. The topological polar surface area (TPSA) is 87.2 Å². The summed E-state index contributed by atoms with van der Waals surface area (Å²) >= 11 is 0. The van der Waals surface area contributed by atoms with Crippen molar-refractivity contribution in [3.05, 3.63) is 29.6 Å². The molecule has 0 spiro atoms. The van der Waals surface area contributed by atoms with Gasteiger partial charge in [0, 0.05) is 18.2 Å². The molecule has 1 aliphatic heterocycles. The highest BCUT2D eigenvalue weighted by Gasteiger charge is 2.29. The average Bonchev–Trinajstić information content (AvgIpc) is 2.29. The minimum Gasteiger partial charge on any atom is -0.384 e. The van der Waals surface area contributed by atoms with Crippen LogP contribution in [0.5, 0.6) is 0 Å². The van der Waals surface area contributed by atoms with Crippen molar-refractivity contribution in [2.75, 3.05) is 23.0 Å². The van der Waals surface area contributed by atoms with Crippen molar-refractivity contribution >= 4 is 21.4 Å². The number of benzene rings is 1. The molecule has 1 unspecified atom stereocenters. The predicted molar refractivity (Wildman–Crippen MR) is 72.9 cm³/mol. The number of hydrogen-bond acceptors (Lipinski definition) is 4. The Hall–Kier alpha value is -1.63. The molecule has 1 aromatic rings. The van der Waals surface area contributed by atoms with Crippen LogP contribution in [0.25, 0.3) is 0 Å². The van der Waals surface area contributed by atoms with E-state index in [9.17, 15) is 12.8 Å². The van der Waals surface area contributed by atoms with E-state index in [2.05, 4.69) is 0 Å². The van der Waals surface area contributed by atoms with Crippen LogP contribution in [0, 0.1) is 11.2 Å². The van der Waals surface area contributed by atoms with Crippen molar-refractivity contribution in [2.24, 2.45) is 5.73 Å². The van der Waals surface area contributed by atoms with Gasteiger partial charge in [-0.25, -0.2) is 12.8 Å². The Kier molecular flexibility index (Phi) is 3.49. The van der Waals surface area contributed by atoms with Crippen LogP contribution in [0.15, 0.2) is 18.2 Å². The summed E-state index contributed by atoms with van der Waals surface area (Å²) in [5.74, 6) is -0.620. The number of nitrogens with zero attached hydrogens (tertiary/aromatic N) is 1. The van der Waals surface area contributed by atoms with Gasteiger partial charge >= 0.3 is 0 Å². The standard InChI is InChI=1S/C12H16FN3O2S/c1-8-7-19(17,18)5-4-16(8)11-3-2-9(12(14)15)6-10(11)13/h2-3,6,8H,4-5,7H2,1H3,(H3,14,15). The molecular formula is C12H16FN3O2S. The van der Waals surface area contributed by atoms with Gasteiger partial charge in [0.25, 0.3) is 0 Å². The number of hydrogen-bond donors (Lipinski definition) is 2. The van der Waals surface area contributed by atoms with Crippen LogP contribution in [-0.2, 0) is 9.84 Å². The summed E-state index contributed by atoms with van der Waals surface area (Å²) in [4.78, 5) is 1.74. The molecule has 0 bridgehead atoms. The summed E-state index contributed by atoms with van der Waals surface area (Å²) in [7, 11) is -3.03. The Morgan fingerprint density at radius 1 is 1.53 bits per heavy atom. The number of amidine groups is 1. The molecule has 3 N–H and O–H groups in total. The van der Waals surface area contributed by atoms with E-state index < -0.39 is 15.7 Å². The van der Waals surface area contributed by atoms with E-state index in [-0.39, 0.29) is 29.9 Å². The van der Waals surface area contributed by atoms with Crippen molar-refractivity contribution in [3.8, 4) is 0 Å². The number of rotatable bonds is 2. The molecule has 1 aliphatic rings. The fourth-order valence-electron chi connectivity index (χ4n) is 2.26. The Labute approximate surface area is 111 Å². The molecule has 0 amide bonds. The summed E-state index contributed by atoms with van der Waals surface area (Å²) in [5, 5.41) is 7.26. The lowest BCUT2D eigenvalue weighted by molar-refractivity contribution is 0.559. The van der Waals surface area contributed by atoms with E-state index in [1.165, 1.54) is 6.07 Å². The number of halogens is 1. The normalized spacial score (nSPS) is 22.2. The monoisotopic (exact) mass is 285 g/mol. The molecule has 0 aliphatic carbocycles. The van der Waals surface area contributed by atoms with Gasteiger partial charge in [0.1, 0.15) is 11.7 Å². The molecule has 7 heteroatoms. The summed E-state index contributed by atoms with van der Waals surface area (Å²) in [6.07, 6.45) is 0. The van der Waals surface area contributed by atoms with Crippen molar-refractivity contribution < 1.29 is 12.8 Å². The first-order chi connectivity index (χ1) is 8.80. The maximum atomic E-state index is 14.0. The van der Waals surface area contributed by atoms with E-state index in [1.54, 1.807) is 24.0 Å². The van der Waals surface area contributed by atoms with E-state index in [0.717, 1.165) is 0 Å². The van der Waals surface area contributed by atoms with Gasteiger partial charge < -0.3 is 10.6 Å². The van der Waals surface area contributed by atoms with Crippen LogP contribution in [0.2, 0.25) is 0 Å². The molecule has 2 rings (SSSR count). The molecule has 0 aromatic heterocycles. The summed E-state index contributed by atoms with van der Waals surface area (Å²) in [6, 6.07) is 4.04. The van der Waals surface area contributed by atoms with Crippen LogP contribution in [-0.4, -0.2) is 38.3 Å². The highest BCUT2D eigenvalue weighted by atomic mass is 32.2. The molecule has 1 atom stereocenters. The summed E-state index contributed by atoms with van der Waals surface area (Å²) < 4.78 is 37.0. The zero-order valence-electron chi connectivity index (χ0n) is 10.6. The molecule has 1 saturated heterocycles. The largest absolute Gasteiger partial charge is 0.384 e. The first-order valence-electron chi connectivity index (χ1n) is 5.91. The molecule has 5 nitrogen and oxygen atoms in total. The van der Waals surface area contributed by atoms with Gasteiger partial charge in [0.2, 0.25) is 0 Å². The zero-order valence-corrected chi connectivity index (χ0v) is 11.4. The lowest BCUT2D eigenvalue weighted by Gasteiger charge is -2.35. The molecule has 0 saturated carbocycles. The lowest BCUT2D eigenvalue weighted by atomic mass is 10.1. The highest BCUT2D eigenvalue weighted by Crippen LogP contribution is 2.25. The maximum absolute atomic E-state index is 14.0. The van der Waals surface area contributed by atoms with Crippen LogP contribution in [0.1, 0.15) is 12.5 Å². The van der Waals surface area contributed by atoms with Gasteiger partial charge in [-0.2, -0.15) is 0 Å². The Morgan fingerprint density at radius 3 is 2.74 bits per heavy atom. The van der Waals surface area contributed by atoms with Gasteiger partial charge in [-0.15, -0.1) is 0 Å². The van der Waals surface area contributed by atoms with Gasteiger partial charge in [-0.3, -0.25) is 5.41 Å². The van der Waals surface area contributed by atoms with Gasteiger partial charge in [-0.1, -0.05) is 0 Å². The zero-order chi connectivity index (χ0) is 14.2. The van der Waals surface area contributed by atoms with Crippen molar-refractivity contribution in [1.82, 2.24) is 0 Å². The van der Waals surface area contributed by atoms with Gasteiger partial charge in [0.05, 0.1) is 17.2 Å². The fourth-order valence-corrected chi connectivity index (χ4v) is 3.82. The van der Waals surface area contributed by atoms with Crippen molar-refractivity contribution in [1.29, 1.82) is 5.41 Å². The van der Waals surface area contributed by atoms with Crippen LogP contribution < -0.4 is 10.6 Å². The first-order valence-corrected chi connectivity index (χ1v) is 7.73. The third-order valence-electron chi connectivity index (χ3n) is 3.24. The Morgan fingerprint density at radius 2 is 2.21 bits per heavy atom. The van der Waals surface area contributed by atoms with E-state index >= 15 is 0 Å². The van der Waals surface area contributed by atoms with Crippen molar-refractivity contribution in [3.63, 3.8) is 0 Å². The minimum absolute atomic E-state index is 0.0287. The predicted octanol–water partition coefficient (Wildman–Crippen LogP) is 0.733. The number of nitrogens with two attached hydrogens (primary N) is 1. The molecular weight excluding hydrogens is 269 g/mol. The fraction of sp³-hybridized carbons (Fsp3) is 0.417. The molecule has 104 valence electrons. The van der Waals surface area contributed by atoms with Crippen LogP contribution >= 0.6 is 0 Å². The number of anilines is 1. The van der Waals surface area contributed by atoms with Crippen LogP contribution in [0.4, 0.5) is 10.1 Å². The van der Waals surface area contributed by atoms with Gasteiger partial charge in [0.15, 0.2) is 9.84 Å². The van der Waals surface area contributed by atoms with Gasteiger partial charge in [-0.05, 0) is 25.1 Å². The van der Waals surface area contributed by atoms with Crippen molar-refractivity contribution in [2.45, 2.75) is 13.0 Å². The maximum Gasteiger partial charge on any atom is 0.154 e. The SMILES string of the molecule is CC1CS(=O)(=O)CCN1c1ccc(C(=N)N)cc1F. The molecule has 1 heterocycles. The quantitative estimate of drug-likeness (QED) is 0.619. The number of sulfone groups is 1. The molecule has 1 fully saturated rings. The van der Waals surface area contributed by atoms with E-state index in [1.807, 2.05) is 0 Å². The number of nitrogens with one attached hydrogen (secondary N) is 1. The second-order valence-electron chi connectivity index (χ2n) is 4.74. The second-order valence-corrected chi connectivity index (χ2v) is 6.97. The van der Waals surface area contributed by atoms with E-state index in [4.69, 9.17) is 11.1 Å². The summed E-state index contributed by atoms with van der Waals surface area (Å²) in [5.41, 5.74) is 5.97. The third-order valence-corrected chi connectivity index (χ3v) is 5.03. The molecule has 19 heavy (non-hydrogen) atoms. The summed E-state index contributed by atoms with van der Waals surface area (Å²) in [6.45, 7) is 2.04. The minimum atomic E-state index is -3.03. The lowest BCUT2D eigenvalue weighted by Crippen LogP contribution is -2.47. The highest BCUT2D eigenvalue weighted by molar-refractivity contribution is 7.91. The third kappa shape index (κ3) is 2.86. The van der Waals surface area contributed by atoms with E-state index in [0.29, 0.717) is 11.3 Å². The Balaban J connectivity index is 2.30. The average molecular weight is 285 g/mol.